The number of benzene rings is 1. The lowest BCUT2D eigenvalue weighted by Gasteiger charge is -2.22. The fraction of sp³-hybridized carbons (Fsp3) is 0.474. The average molecular weight is 327 g/mol. The summed E-state index contributed by atoms with van der Waals surface area (Å²) in [7, 11) is 0. The number of nitrogens with one attached hydrogen (secondary N) is 1. The molecule has 1 heterocycles. The first-order valence-corrected chi connectivity index (χ1v) is 8.77. The van der Waals surface area contributed by atoms with Gasteiger partial charge in [0.2, 0.25) is 0 Å². The van der Waals surface area contributed by atoms with Gasteiger partial charge in [-0.2, -0.15) is 0 Å². The van der Waals surface area contributed by atoms with Crippen LogP contribution in [0.25, 0.3) is 0 Å². The summed E-state index contributed by atoms with van der Waals surface area (Å²) in [6.45, 7) is 1.48. The SMILES string of the molecule is O=C(NCCCn1ccnc1)C(OC1CCCC1)c1ccccc1. The van der Waals surface area contributed by atoms with E-state index >= 15 is 0 Å². The van der Waals surface area contributed by atoms with Crippen LogP contribution in [-0.4, -0.2) is 28.1 Å². The Morgan fingerprint density at radius 1 is 1.29 bits per heavy atom. The highest BCUT2D eigenvalue weighted by Gasteiger charge is 2.26. The second kappa shape index (κ2) is 8.64. The van der Waals surface area contributed by atoms with Gasteiger partial charge in [-0.1, -0.05) is 43.2 Å². The zero-order valence-electron chi connectivity index (χ0n) is 13.9. The minimum absolute atomic E-state index is 0.0428. The number of nitrogens with zero attached hydrogens (tertiary/aromatic N) is 2. The summed E-state index contributed by atoms with van der Waals surface area (Å²) >= 11 is 0. The monoisotopic (exact) mass is 327 g/mol. The maximum Gasteiger partial charge on any atom is 0.253 e. The zero-order chi connectivity index (χ0) is 16.6. The Bertz CT molecular complexity index is 607. The predicted molar refractivity (Wildman–Crippen MR) is 92.4 cm³/mol. The molecule has 1 aliphatic rings. The molecule has 1 fully saturated rings. The molecule has 0 aliphatic heterocycles. The van der Waals surface area contributed by atoms with Gasteiger partial charge < -0.3 is 14.6 Å². The van der Waals surface area contributed by atoms with Crippen LogP contribution >= 0.6 is 0 Å². The molecule has 1 N–H and O–H groups in total. The summed E-state index contributed by atoms with van der Waals surface area (Å²) < 4.78 is 8.14. The van der Waals surface area contributed by atoms with Crippen molar-refractivity contribution in [3.05, 3.63) is 54.6 Å². The van der Waals surface area contributed by atoms with Crippen molar-refractivity contribution in [2.24, 2.45) is 0 Å². The van der Waals surface area contributed by atoms with E-state index in [1.807, 2.05) is 41.1 Å². The summed E-state index contributed by atoms with van der Waals surface area (Å²) in [5, 5.41) is 3.02. The van der Waals surface area contributed by atoms with Crippen LogP contribution in [0.3, 0.4) is 0 Å². The van der Waals surface area contributed by atoms with Crippen LogP contribution in [0.2, 0.25) is 0 Å². The van der Waals surface area contributed by atoms with Gasteiger partial charge in [0.25, 0.3) is 5.91 Å². The molecule has 0 bridgehead atoms. The Labute approximate surface area is 143 Å². The lowest BCUT2D eigenvalue weighted by atomic mass is 10.1. The van der Waals surface area contributed by atoms with Gasteiger partial charge >= 0.3 is 0 Å². The smallest absolute Gasteiger partial charge is 0.253 e. The van der Waals surface area contributed by atoms with Crippen molar-refractivity contribution in [3.63, 3.8) is 0 Å². The molecule has 1 unspecified atom stereocenters. The number of hydrogen-bond acceptors (Lipinski definition) is 3. The molecule has 1 saturated carbocycles. The number of aryl methyl sites for hydroxylation is 1. The van der Waals surface area contributed by atoms with E-state index in [9.17, 15) is 4.79 Å². The molecule has 1 aromatic heterocycles. The van der Waals surface area contributed by atoms with Gasteiger partial charge in [-0.15, -0.1) is 0 Å². The molecule has 0 spiro atoms. The van der Waals surface area contributed by atoms with Gasteiger partial charge in [0.15, 0.2) is 6.10 Å². The summed E-state index contributed by atoms with van der Waals surface area (Å²) in [5.41, 5.74) is 0.927. The largest absolute Gasteiger partial charge is 0.360 e. The van der Waals surface area contributed by atoms with E-state index in [1.54, 1.807) is 12.5 Å². The Morgan fingerprint density at radius 2 is 2.08 bits per heavy atom. The Morgan fingerprint density at radius 3 is 2.79 bits per heavy atom. The van der Waals surface area contributed by atoms with E-state index in [2.05, 4.69) is 10.3 Å². The first-order chi connectivity index (χ1) is 11.8. The number of imidazole rings is 1. The third-order valence-electron chi connectivity index (χ3n) is 4.42. The Balaban J connectivity index is 1.54. The van der Waals surface area contributed by atoms with Crippen molar-refractivity contribution in [3.8, 4) is 0 Å². The first-order valence-electron chi connectivity index (χ1n) is 8.77. The normalized spacial score (nSPS) is 16.2. The number of carbonyl (C=O) groups is 1. The third-order valence-corrected chi connectivity index (χ3v) is 4.42. The molecule has 2 aromatic rings. The van der Waals surface area contributed by atoms with Gasteiger partial charge in [-0.05, 0) is 24.8 Å². The van der Waals surface area contributed by atoms with Crippen molar-refractivity contribution in [2.45, 2.75) is 50.9 Å². The maximum atomic E-state index is 12.6. The molecule has 3 rings (SSSR count). The minimum atomic E-state index is -0.512. The van der Waals surface area contributed by atoms with E-state index in [0.29, 0.717) is 6.54 Å². The summed E-state index contributed by atoms with van der Waals surface area (Å²) in [5.74, 6) is -0.0428. The molecule has 0 radical (unpaired) electrons. The summed E-state index contributed by atoms with van der Waals surface area (Å²) in [6, 6.07) is 9.79. The second-order valence-corrected chi connectivity index (χ2v) is 6.28. The number of ether oxygens (including phenoxy) is 1. The van der Waals surface area contributed by atoms with Gasteiger partial charge in [0.05, 0.1) is 12.4 Å². The highest BCUT2D eigenvalue weighted by molar-refractivity contribution is 5.82. The minimum Gasteiger partial charge on any atom is -0.360 e. The van der Waals surface area contributed by atoms with Crippen LogP contribution in [0.5, 0.6) is 0 Å². The topological polar surface area (TPSA) is 56.2 Å². The molecule has 0 saturated heterocycles. The van der Waals surface area contributed by atoms with E-state index in [1.165, 1.54) is 12.8 Å². The highest BCUT2D eigenvalue weighted by Crippen LogP contribution is 2.28. The van der Waals surface area contributed by atoms with E-state index in [4.69, 9.17) is 4.74 Å². The van der Waals surface area contributed by atoms with Crippen molar-refractivity contribution in [1.29, 1.82) is 0 Å². The van der Waals surface area contributed by atoms with Gasteiger partial charge in [0.1, 0.15) is 0 Å². The van der Waals surface area contributed by atoms with E-state index < -0.39 is 6.10 Å². The molecule has 1 aromatic carbocycles. The number of hydrogen-bond donors (Lipinski definition) is 1. The van der Waals surface area contributed by atoms with Crippen LogP contribution in [0, 0.1) is 0 Å². The maximum absolute atomic E-state index is 12.6. The average Bonchev–Trinajstić information content (AvgIpc) is 3.31. The molecule has 1 atom stereocenters. The van der Waals surface area contributed by atoms with Gasteiger partial charge in [-0.25, -0.2) is 4.98 Å². The number of rotatable bonds is 8. The lowest BCUT2D eigenvalue weighted by molar-refractivity contribution is -0.137. The van der Waals surface area contributed by atoms with Gasteiger partial charge in [-0.3, -0.25) is 4.79 Å². The van der Waals surface area contributed by atoms with Crippen LogP contribution in [0.15, 0.2) is 49.1 Å². The predicted octanol–water partition coefficient (Wildman–Crippen LogP) is 3.09. The van der Waals surface area contributed by atoms with Crippen molar-refractivity contribution in [2.75, 3.05) is 6.54 Å². The second-order valence-electron chi connectivity index (χ2n) is 6.28. The molecule has 5 heteroatoms. The summed E-state index contributed by atoms with van der Waals surface area (Å²) in [4.78, 5) is 16.7. The molecule has 5 nitrogen and oxygen atoms in total. The van der Waals surface area contributed by atoms with Crippen molar-refractivity contribution < 1.29 is 9.53 Å². The van der Waals surface area contributed by atoms with Crippen LogP contribution in [0.4, 0.5) is 0 Å². The Kier molecular flexibility index (Phi) is 6.01. The molecular weight excluding hydrogens is 302 g/mol. The molecule has 1 aliphatic carbocycles. The highest BCUT2D eigenvalue weighted by atomic mass is 16.5. The Hall–Kier alpha value is -2.14. The van der Waals surface area contributed by atoms with Crippen LogP contribution in [0.1, 0.15) is 43.8 Å². The first kappa shape index (κ1) is 16.7. The summed E-state index contributed by atoms with van der Waals surface area (Å²) in [6.07, 6.45) is 10.5. The van der Waals surface area contributed by atoms with Crippen LogP contribution in [-0.2, 0) is 16.1 Å². The third kappa shape index (κ3) is 4.68. The number of carbonyl (C=O) groups excluding carboxylic acids is 1. The number of amides is 1. The molecular formula is C19H25N3O2. The quantitative estimate of drug-likeness (QED) is 0.758. The lowest BCUT2D eigenvalue weighted by Crippen LogP contribution is -2.33. The fourth-order valence-electron chi connectivity index (χ4n) is 3.12. The number of aromatic nitrogens is 2. The standard InChI is InChI=1S/C19H25N3O2/c23-19(21-11-6-13-22-14-12-20-15-22)18(16-7-2-1-3-8-16)24-17-9-4-5-10-17/h1-3,7-8,12,14-15,17-18H,4-6,9-11,13H2,(H,21,23). The molecule has 128 valence electrons. The zero-order valence-corrected chi connectivity index (χ0v) is 13.9. The van der Waals surface area contributed by atoms with E-state index in [0.717, 1.165) is 31.4 Å². The van der Waals surface area contributed by atoms with Crippen molar-refractivity contribution in [1.82, 2.24) is 14.9 Å². The van der Waals surface area contributed by atoms with Crippen molar-refractivity contribution >= 4 is 5.91 Å². The van der Waals surface area contributed by atoms with Gasteiger partial charge in [0, 0.05) is 25.5 Å². The van der Waals surface area contributed by atoms with Crippen LogP contribution < -0.4 is 5.32 Å². The fourth-order valence-corrected chi connectivity index (χ4v) is 3.12. The molecule has 24 heavy (non-hydrogen) atoms. The van der Waals surface area contributed by atoms with E-state index in [-0.39, 0.29) is 12.0 Å². The molecule has 1 amide bonds.